The summed E-state index contributed by atoms with van der Waals surface area (Å²) in [6.07, 6.45) is -4.74. The van der Waals surface area contributed by atoms with Gasteiger partial charge in [0.1, 0.15) is 0 Å². The van der Waals surface area contributed by atoms with Crippen LogP contribution in [0.1, 0.15) is 9.68 Å². The molecule has 1 rings (SSSR count). The van der Waals surface area contributed by atoms with Crippen molar-refractivity contribution in [1.82, 2.24) is 0 Å². The molecule has 4 heteroatoms. The Morgan fingerprint density at radius 2 is 2.08 bits per heavy atom. The van der Waals surface area contributed by atoms with E-state index in [0.717, 1.165) is 6.07 Å². The van der Waals surface area contributed by atoms with E-state index < -0.39 is 23.8 Å². The monoisotopic (exact) mass is 178 g/mol. The summed E-state index contributed by atoms with van der Waals surface area (Å²) in [6.45, 7) is 0. The van der Waals surface area contributed by atoms with Crippen LogP contribution in [0, 0.1) is 0 Å². The summed E-state index contributed by atoms with van der Waals surface area (Å²) in [4.78, 5) is 0. The SMILES string of the molecule is [2H]c1cc([2H])c(C(F)(F)F)c([2H])c1NC. The average Bonchev–Trinajstić information content (AvgIpc) is 2.00. The maximum Gasteiger partial charge on any atom is 0.416 e. The third-order valence-corrected chi connectivity index (χ3v) is 1.22. The number of halogens is 3. The van der Waals surface area contributed by atoms with Gasteiger partial charge >= 0.3 is 6.18 Å². The van der Waals surface area contributed by atoms with Gasteiger partial charge in [0.15, 0.2) is 0 Å². The lowest BCUT2D eigenvalue weighted by atomic mass is 10.2. The molecule has 0 aromatic heterocycles. The molecule has 0 aliphatic heterocycles. The van der Waals surface area contributed by atoms with Gasteiger partial charge < -0.3 is 5.32 Å². The number of anilines is 1. The number of nitrogens with one attached hydrogen (secondary N) is 1. The molecule has 0 atom stereocenters. The minimum atomic E-state index is -4.74. The van der Waals surface area contributed by atoms with Crippen molar-refractivity contribution in [3.63, 3.8) is 0 Å². The van der Waals surface area contributed by atoms with Crippen molar-refractivity contribution in [2.75, 3.05) is 12.4 Å². The van der Waals surface area contributed by atoms with Crippen LogP contribution in [0.25, 0.3) is 0 Å². The van der Waals surface area contributed by atoms with E-state index in [1.807, 2.05) is 0 Å². The molecular formula is C8H8F3N. The first kappa shape index (κ1) is 5.45. The van der Waals surface area contributed by atoms with E-state index in [9.17, 15) is 13.2 Å². The predicted molar refractivity (Wildman–Crippen MR) is 41.0 cm³/mol. The van der Waals surface area contributed by atoms with Crippen LogP contribution < -0.4 is 5.32 Å². The molecular weight excluding hydrogens is 167 g/mol. The molecule has 1 nitrogen and oxygen atoms in total. The highest BCUT2D eigenvalue weighted by atomic mass is 19.4. The van der Waals surface area contributed by atoms with Crippen LogP contribution in [0.2, 0.25) is 0 Å². The highest BCUT2D eigenvalue weighted by Gasteiger charge is 2.30. The van der Waals surface area contributed by atoms with Crippen molar-refractivity contribution in [2.24, 2.45) is 0 Å². The first-order valence-corrected chi connectivity index (χ1v) is 3.14. The summed E-state index contributed by atoms with van der Waals surface area (Å²) in [6, 6.07) is -1.23. The molecule has 1 aromatic rings. The second-order valence-corrected chi connectivity index (χ2v) is 2.06. The highest BCUT2D eigenvalue weighted by Crippen LogP contribution is 2.30. The largest absolute Gasteiger partial charge is 0.416 e. The Balaban J connectivity index is 3.53. The Hall–Kier alpha value is -1.19. The van der Waals surface area contributed by atoms with E-state index in [0.29, 0.717) is 0 Å². The lowest BCUT2D eigenvalue weighted by molar-refractivity contribution is -0.137. The lowest BCUT2D eigenvalue weighted by Crippen LogP contribution is -2.04. The van der Waals surface area contributed by atoms with Crippen molar-refractivity contribution >= 4 is 5.69 Å². The van der Waals surface area contributed by atoms with Gasteiger partial charge in [-0.05, 0) is 18.1 Å². The van der Waals surface area contributed by atoms with Gasteiger partial charge in [-0.3, -0.25) is 0 Å². The normalized spacial score (nSPS) is 14.8. The van der Waals surface area contributed by atoms with Gasteiger partial charge in [-0.1, -0.05) is 6.07 Å². The van der Waals surface area contributed by atoms with Crippen LogP contribution in [-0.2, 0) is 6.18 Å². The fraction of sp³-hybridized carbons (Fsp3) is 0.250. The highest BCUT2D eigenvalue weighted by molar-refractivity contribution is 5.45. The number of hydrogen-bond acceptors (Lipinski definition) is 1. The van der Waals surface area contributed by atoms with Gasteiger partial charge in [0.05, 0.1) is 9.68 Å². The van der Waals surface area contributed by atoms with Gasteiger partial charge in [0.25, 0.3) is 0 Å². The predicted octanol–water partition coefficient (Wildman–Crippen LogP) is 2.75. The zero-order valence-corrected chi connectivity index (χ0v) is 6.21. The molecule has 12 heavy (non-hydrogen) atoms. The maximum atomic E-state index is 12.4. The van der Waals surface area contributed by atoms with Crippen molar-refractivity contribution in [1.29, 1.82) is 0 Å². The number of rotatable bonds is 1. The van der Waals surface area contributed by atoms with Crippen molar-refractivity contribution in [2.45, 2.75) is 6.18 Å². The van der Waals surface area contributed by atoms with E-state index in [-0.39, 0.29) is 11.7 Å². The molecule has 0 saturated heterocycles. The molecule has 1 aromatic carbocycles. The fourth-order valence-electron chi connectivity index (χ4n) is 0.665. The van der Waals surface area contributed by atoms with E-state index in [1.165, 1.54) is 7.05 Å². The van der Waals surface area contributed by atoms with Crippen LogP contribution in [0.4, 0.5) is 18.9 Å². The van der Waals surface area contributed by atoms with E-state index >= 15 is 0 Å². The summed E-state index contributed by atoms with van der Waals surface area (Å²) in [5.74, 6) is 0. The van der Waals surface area contributed by atoms with E-state index in [1.54, 1.807) is 0 Å². The lowest BCUT2D eigenvalue weighted by Gasteiger charge is -2.07. The van der Waals surface area contributed by atoms with Crippen molar-refractivity contribution in [3.8, 4) is 0 Å². The first-order chi connectivity index (χ1) is 6.79. The molecule has 0 aliphatic carbocycles. The molecule has 0 fully saturated rings. The topological polar surface area (TPSA) is 12.0 Å². The Morgan fingerprint density at radius 3 is 2.58 bits per heavy atom. The van der Waals surface area contributed by atoms with Crippen molar-refractivity contribution < 1.29 is 17.3 Å². The van der Waals surface area contributed by atoms with Crippen LogP contribution >= 0.6 is 0 Å². The summed E-state index contributed by atoms with van der Waals surface area (Å²) in [5, 5.41) is 2.34. The Bertz CT molecular complexity index is 390. The molecule has 0 aliphatic rings. The molecule has 1 N–H and O–H groups in total. The quantitative estimate of drug-likeness (QED) is 0.697. The van der Waals surface area contributed by atoms with E-state index in [4.69, 9.17) is 4.11 Å². The molecule has 0 amide bonds. The van der Waals surface area contributed by atoms with Gasteiger partial charge in [0, 0.05) is 12.7 Å². The summed E-state index contributed by atoms with van der Waals surface area (Å²) < 4.78 is 58.9. The number of alkyl halides is 3. The third-order valence-electron chi connectivity index (χ3n) is 1.22. The smallest absolute Gasteiger partial charge is 0.388 e. The van der Waals surface area contributed by atoms with Gasteiger partial charge in [0.2, 0.25) is 0 Å². The fourth-order valence-corrected chi connectivity index (χ4v) is 0.665. The summed E-state index contributed by atoms with van der Waals surface area (Å²) >= 11 is 0. The molecule has 66 valence electrons. The first-order valence-electron chi connectivity index (χ1n) is 4.64. The average molecular weight is 178 g/mol. The molecule has 0 unspecified atom stereocenters. The molecule has 0 saturated carbocycles. The summed E-state index contributed by atoms with van der Waals surface area (Å²) in [5.41, 5.74) is -1.54. The second-order valence-electron chi connectivity index (χ2n) is 2.06. The van der Waals surface area contributed by atoms with Crippen LogP contribution in [0.3, 0.4) is 0 Å². The Labute approximate surface area is 72.4 Å². The molecule has 0 heterocycles. The minimum Gasteiger partial charge on any atom is -0.388 e. The number of benzene rings is 1. The van der Waals surface area contributed by atoms with Gasteiger partial charge in [-0.25, -0.2) is 0 Å². The zero-order valence-electron chi connectivity index (χ0n) is 9.21. The minimum absolute atomic E-state index is 0.224. The summed E-state index contributed by atoms with van der Waals surface area (Å²) in [7, 11) is 1.33. The molecule has 0 spiro atoms. The second kappa shape index (κ2) is 3.05. The van der Waals surface area contributed by atoms with Crippen LogP contribution in [0.15, 0.2) is 24.2 Å². The van der Waals surface area contributed by atoms with Gasteiger partial charge in [-0.2, -0.15) is 13.2 Å². The molecule has 0 radical (unpaired) electrons. The van der Waals surface area contributed by atoms with Crippen LogP contribution in [-0.4, -0.2) is 7.05 Å². The standard InChI is InChI=1S/C8H8F3N/c1-12-7-4-2-3-6(5-7)8(9,10)11/h2-5,12H,1H3/i3D,4D,5D. The zero-order chi connectivity index (χ0) is 11.8. The van der Waals surface area contributed by atoms with Gasteiger partial charge in [-0.15, -0.1) is 0 Å². The Kier molecular flexibility index (Phi) is 1.38. The number of hydrogen-bond donors (Lipinski definition) is 1. The van der Waals surface area contributed by atoms with E-state index in [2.05, 4.69) is 5.32 Å². The van der Waals surface area contributed by atoms with Crippen molar-refractivity contribution in [3.05, 3.63) is 29.8 Å². The third kappa shape index (κ3) is 1.90. The Morgan fingerprint density at radius 1 is 1.42 bits per heavy atom. The maximum absolute atomic E-state index is 12.4. The molecule has 0 bridgehead atoms. The van der Waals surface area contributed by atoms with Crippen LogP contribution in [0.5, 0.6) is 0 Å².